The molecule has 0 bridgehead atoms. The standard InChI is InChI=1S/C11H12ClN3O4S2/c1-15-8-11(7-13-15)21(18,19)14-6-9-2-4-10(5-3-9)20(12,16)17/h2-5,7-8,14H,6H2,1H3. The van der Waals surface area contributed by atoms with Crippen LogP contribution in [0.1, 0.15) is 5.56 Å². The largest absolute Gasteiger partial charge is 0.274 e. The summed E-state index contributed by atoms with van der Waals surface area (Å²) in [6.07, 6.45) is 2.62. The summed E-state index contributed by atoms with van der Waals surface area (Å²) in [6.45, 7) is 0.0276. The first kappa shape index (κ1) is 16.0. The minimum atomic E-state index is -3.78. The number of hydrogen-bond donors (Lipinski definition) is 1. The predicted molar refractivity (Wildman–Crippen MR) is 76.7 cm³/mol. The fraction of sp³-hybridized carbons (Fsp3) is 0.182. The summed E-state index contributed by atoms with van der Waals surface area (Å²) in [4.78, 5) is 0.0213. The Morgan fingerprint density at radius 3 is 2.24 bits per heavy atom. The van der Waals surface area contributed by atoms with Crippen molar-refractivity contribution in [2.45, 2.75) is 16.3 Å². The molecule has 2 aromatic rings. The van der Waals surface area contributed by atoms with E-state index in [1.54, 1.807) is 7.05 Å². The molecule has 7 nitrogen and oxygen atoms in total. The lowest BCUT2D eigenvalue weighted by Gasteiger charge is -2.05. The number of benzene rings is 1. The molecule has 10 heteroatoms. The van der Waals surface area contributed by atoms with Crippen molar-refractivity contribution in [1.29, 1.82) is 0 Å². The van der Waals surface area contributed by atoms with Gasteiger partial charge in [-0.1, -0.05) is 12.1 Å². The van der Waals surface area contributed by atoms with Crippen LogP contribution in [0.5, 0.6) is 0 Å². The van der Waals surface area contributed by atoms with E-state index in [0.29, 0.717) is 5.56 Å². The molecular weight excluding hydrogens is 338 g/mol. The van der Waals surface area contributed by atoms with Crippen LogP contribution in [0.15, 0.2) is 46.5 Å². The van der Waals surface area contributed by atoms with Crippen molar-refractivity contribution in [2.75, 3.05) is 0 Å². The van der Waals surface area contributed by atoms with Crippen LogP contribution in [0.3, 0.4) is 0 Å². The molecule has 0 aliphatic rings. The maximum absolute atomic E-state index is 12.0. The van der Waals surface area contributed by atoms with E-state index in [4.69, 9.17) is 10.7 Å². The normalized spacial score (nSPS) is 12.5. The van der Waals surface area contributed by atoms with Gasteiger partial charge >= 0.3 is 0 Å². The fourth-order valence-electron chi connectivity index (χ4n) is 1.57. The van der Waals surface area contributed by atoms with Crippen molar-refractivity contribution in [3.8, 4) is 0 Å². The first-order chi connectivity index (χ1) is 9.68. The molecule has 0 saturated heterocycles. The molecule has 0 aliphatic carbocycles. The van der Waals surface area contributed by atoms with E-state index in [1.807, 2.05) is 0 Å². The molecule has 0 spiro atoms. The van der Waals surface area contributed by atoms with Crippen molar-refractivity contribution < 1.29 is 16.8 Å². The fourth-order valence-corrected chi connectivity index (χ4v) is 3.34. The lowest BCUT2D eigenvalue weighted by molar-refractivity contribution is 0.581. The third-order valence-electron chi connectivity index (χ3n) is 2.66. The smallest absolute Gasteiger partial charge is 0.261 e. The molecule has 0 unspecified atom stereocenters. The monoisotopic (exact) mass is 349 g/mol. The van der Waals surface area contributed by atoms with Gasteiger partial charge in [0.15, 0.2) is 0 Å². The minimum absolute atomic E-state index is 0.0276. The number of halogens is 1. The second kappa shape index (κ2) is 5.76. The second-order valence-electron chi connectivity index (χ2n) is 4.26. The quantitative estimate of drug-likeness (QED) is 0.806. The molecule has 1 aromatic carbocycles. The third-order valence-corrected chi connectivity index (χ3v) is 5.39. The number of hydrogen-bond acceptors (Lipinski definition) is 5. The van der Waals surface area contributed by atoms with Crippen molar-refractivity contribution in [3.63, 3.8) is 0 Å². The highest BCUT2D eigenvalue weighted by molar-refractivity contribution is 8.13. The Bertz CT molecular complexity index is 842. The van der Waals surface area contributed by atoms with Gasteiger partial charge in [-0.05, 0) is 17.7 Å². The summed E-state index contributed by atoms with van der Waals surface area (Å²) in [7, 11) is -0.625. The molecule has 0 fully saturated rings. The number of aryl methyl sites for hydroxylation is 1. The van der Waals surface area contributed by atoms with Gasteiger partial charge in [0.1, 0.15) is 4.90 Å². The molecule has 1 N–H and O–H groups in total. The van der Waals surface area contributed by atoms with Crippen LogP contribution < -0.4 is 4.72 Å². The highest BCUT2D eigenvalue weighted by Crippen LogP contribution is 2.15. The first-order valence-corrected chi connectivity index (χ1v) is 9.50. The van der Waals surface area contributed by atoms with Gasteiger partial charge in [0.25, 0.3) is 9.05 Å². The summed E-state index contributed by atoms with van der Waals surface area (Å²) in [5.74, 6) is 0. The molecule has 0 aliphatic heterocycles. The Morgan fingerprint density at radius 2 is 1.76 bits per heavy atom. The van der Waals surface area contributed by atoms with Crippen LogP contribution in [0.2, 0.25) is 0 Å². The van der Waals surface area contributed by atoms with E-state index in [9.17, 15) is 16.8 Å². The van der Waals surface area contributed by atoms with Crippen molar-refractivity contribution in [2.24, 2.45) is 7.05 Å². The Balaban J connectivity index is 2.10. The average Bonchev–Trinajstić information content (AvgIpc) is 2.83. The molecule has 21 heavy (non-hydrogen) atoms. The van der Waals surface area contributed by atoms with Gasteiger partial charge in [0.05, 0.1) is 11.1 Å². The van der Waals surface area contributed by atoms with Crippen LogP contribution in [-0.2, 0) is 32.7 Å². The van der Waals surface area contributed by atoms with Gasteiger partial charge in [-0.2, -0.15) is 5.10 Å². The van der Waals surface area contributed by atoms with Crippen LogP contribution in [0.4, 0.5) is 0 Å². The molecular formula is C11H12ClN3O4S2. The zero-order chi connectivity index (χ0) is 15.7. The molecule has 2 rings (SSSR count). The Hall–Kier alpha value is -1.42. The van der Waals surface area contributed by atoms with E-state index < -0.39 is 19.1 Å². The summed E-state index contributed by atoms with van der Waals surface area (Å²) in [6, 6.07) is 5.61. The van der Waals surface area contributed by atoms with Gasteiger partial charge in [0.2, 0.25) is 10.0 Å². The van der Waals surface area contributed by atoms with E-state index in [-0.39, 0.29) is 16.3 Å². The van der Waals surface area contributed by atoms with Crippen molar-refractivity contribution >= 4 is 29.8 Å². The highest BCUT2D eigenvalue weighted by Gasteiger charge is 2.16. The van der Waals surface area contributed by atoms with Crippen LogP contribution >= 0.6 is 10.7 Å². The zero-order valence-electron chi connectivity index (χ0n) is 10.9. The Kier molecular flexibility index (Phi) is 4.38. The third kappa shape index (κ3) is 4.03. The number of sulfonamides is 1. The molecule has 0 atom stereocenters. The van der Waals surface area contributed by atoms with Gasteiger partial charge in [-0.3, -0.25) is 4.68 Å². The van der Waals surface area contributed by atoms with E-state index in [2.05, 4.69) is 9.82 Å². The summed E-state index contributed by atoms with van der Waals surface area (Å²) < 4.78 is 49.9. The van der Waals surface area contributed by atoms with E-state index in [1.165, 1.54) is 41.3 Å². The molecule has 1 heterocycles. The van der Waals surface area contributed by atoms with Crippen LogP contribution in [-0.4, -0.2) is 26.6 Å². The molecule has 114 valence electrons. The highest BCUT2D eigenvalue weighted by atomic mass is 35.7. The lowest BCUT2D eigenvalue weighted by atomic mass is 10.2. The average molecular weight is 350 g/mol. The topological polar surface area (TPSA) is 98.1 Å². The van der Waals surface area contributed by atoms with Gasteiger partial charge in [-0.25, -0.2) is 21.6 Å². The number of rotatable bonds is 5. The maximum atomic E-state index is 12.0. The number of nitrogens with one attached hydrogen (secondary N) is 1. The SMILES string of the molecule is Cn1cc(S(=O)(=O)NCc2ccc(S(=O)(=O)Cl)cc2)cn1. The number of nitrogens with zero attached hydrogens (tertiary/aromatic N) is 2. The zero-order valence-corrected chi connectivity index (χ0v) is 13.3. The summed E-state index contributed by atoms with van der Waals surface area (Å²) >= 11 is 0. The molecule has 1 aromatic heterocycles. The summed E-state index contributed by atoms with van der Waals surface area (Å²) in [5, 5.41) is 3.79. The van der Waals surface area contributed by atoms with E-state index in [0.717, 1.165) is 0 Å². The minimum Gasteiger partial charge on any atom is -0.274 e. The lowest BCUT2D eigenvalue weighted by Crippen LogP contribution is -2.22. The Labute approximate surface area is 127 Å². The molecule has 0 amide bonds. The summed E-state index contributed by atoms with van der Waals surface area (Å²) in [5.41, 5.74) is 0.603. The Morgan fingerprint density at radius 1 is 1.14 bits per heavy atom. The van der Waals surface area contributed by atoms with E-state index >= 15 is 0 Å². The van der Waals surface area contributed by atoms with Gasteiger partial charge in [-0.15, -0.1) is 0 Å². The molecule has 0 saturated carbocycles. The maximum Gasteiger partial charge on any atom is 0.261 e. The molecule has 0 radical (unpaired) electrons. The second-order valence-corrected chi connectivity index (χ2v) is 8.59. The number of aromatic nitrogens is 2. The van der Waals surface area contributed by atoms with Crippen molar-refractivity contribution in [1.82, 2.24) is 14.5 Å². The van der Waals surface area contributed by atoms with Gasteiger partial charge in [0, 0.05) is 30.5 Å². The van der Waals surface area contributed by atoms with Crippen molar-refractivity contribution in [3.05, 3.63) is 42.2 Å². The predicted octanol–water partition coefficient (Wildman–Crippen LogP) is 0.826. The van der Waals surface area contributed by atoms with Crippen LogP contribution in [0, 0.1) is 0 Å². The van der Waals surface area contributed by atoms with Gasteiger partial charge < -0.3 is 0 Å². The van der Waals surface area contributed by atoms with Crippen LogP contribution in [0.25, 0.3) is 0 Å². The first-order valence-electron chi connectivity index (χ1n) is 5.70.